The molecular weight excluding hydrogens is 281 g/mol. The van der Waals surface area contributed by atoms with Crippen LogP contribution < -0.4 is 0 Å². The van der Waals surface area contributed by atoms with Crippen molar-refractivity contribution >= 4 is 17.4 Å². The molecule has 0 aliphatic heterocycles. The number of halogens is 4. The van der Waals surface area contributed by atoms with Crippen LogP contribution in [-0.4, -0.2) is 15.8 Å². The molecule has 0 spiro atoms. The van der Waals surface area contributed by atoms with Crippen molar-refractivity contribution in [1.82, 2.24) is 9.97 Å². The van der Waals surface area contributed by atoms with E-state index >= 15 is 0 Å². The molecule has 1 aromatic carbocycles. The van der Waals surface area contributed by atoms with Crippen LogP contribution in [0.2, 0.25) is 5.02 Å². The molecule has 2 rings (SSSR count). The van der Waals surface area contributed by atoms with E-state index in [0.29, 0.717) is 5.02 Å². The van der Waals surface area contributed by atoms with Gasteiger partial charge in [0.2, 0.25) is 0 Å². The molecule has 1 aromatic heterocycles. The first kappa shape index (κ1) is 13.5. The summed E-state index contributed by atoms with van der Waals surface area (Å²) in [5, 5.41) is 0.386. The van der Waals surface area contributed by atoms with E-state index in [9.17, 15) is 18.0 Å². The van der Waals surface area contributed by atoms with Gasteiger partial charge in [0, 0.05) is 16.8 Å². The van der Waals surface area contributed by atoms with E-state index in [4.69, 9.17) is 11.6 Å². The molecule has 19 heavy (non-hydrogen) atoms. The fraction of sp³-hybridized carbons (Fsp3) is 0.0833. The Bertz CT molecular complexity index is 611. The molecule has 0 unspecified atom stereocenters. The molecule has 0 radical (unpaired) electrons. The van der Waals surface area contributed by atoms with Gasteiger partial charge in [0.15, 0.2) is 11.5 Å². The highest BCUT2D eigenvalue weighted by Gasteiger charge is 2.37. The Balaban J connectivity index is 2.48. The maximum absolute atomic E-state index is 12.7. The van der Waals surface area contributed by atoms with Gasteiger partial charge in [0.1, 0.15) is 6.33 Å². The second kappa shape index (κ2) is 4.97. The summed E-state index contributed by atoms with van der Waals surface area (Å²) < 4.78 is 38.2. The molecule has 0 fully saturated rings. The second-order valence-corrected chi connectivity index (χ2v) is 4.06. The lowest BCUT2D eigenvalue weighted by Gasteiger charge is -2.09. The van der Waals surface area contributed by atoms with Gasteiger partial charge in [-0.25, -0.2) is 9.97 Å². The topological polar surface area (TPSA) is 42.9 Å². The zero-order valence-corrected chi connectivity index (χ0v) is 10.0. The zero-order valence-electron chi connectivity index (χ0n) is 9.28. The third-order valence-corrected chi connectivity index (χ3v) is 2.58. The summed E-state index contributed by atoms with van der Waals surface area (Å²) in [4.78, 5) is 18.6. The molecule has 0 aliphatic carbocycles. The summed E-state index contributed by atoms with van der Waals surface area (Å²) >= 11 is 5.65. The third kappa shape index (κ3) is 2.90. The van der Waals surface area contributed by atoms with Gasteiger partial charge >= 0.3 is 6.18 Å². The van der Waals surface area contributed by atoms with Crippen LogP contribution in [0, 0.1) is 0 Å². The number of ketones is 1. The van der Waals surface area contributed by atoms with E-state index in [1.807, 2.05) is 0 Å². The molecule has 0 bridgehead atoms. The first-order valence-electron chi connectivity index (χ1n) is 5.07. The number of hydrogen-bond acceptors (Lipinski definition) is 3. The van der Waals surface area contributed by atoms with Gasteiger partial charge in [-0.3, -0.25) is 4.79 Å². The van der Waals surface area contributed by atoms with E-state index in [1.165, 1.54) is 24.3 Å². The summed E-state index contributed by atoms with van der Waals surface area (Å²) in [7, 11) is 0. The first-order chi connectivity index (χ1) is 8.89. The number of hydrogen-bond donors (Lipinski definition) is 0. The summed E-state index contributed by atoms with van der Waals surface area (Å²) in [5.41, 5.74) is -1.75. The minimum Gasteiger partial charge on any atom is -0.288 e. The van der Waals surface area contributed by atoms with Crippen molar-refractivity contribution in [3.05, 3.63) is 58.6 Å². The van der Waals surface area contributed by atoms with Crippen LogP contribution >= 0.6 is 11.6 Å². The Morgan fingerprint density at radius 2 is 1.79 bits per heavy atom. The summed E-state index contributed by atoms with van der Waals surface area (Å²) in [6, 6.07) is 5.54. The predicted octanol–water partition coefficient (Wildman–Crippen LogP) is 3.38. The Morgan fingerprint density at radius 3 is 2.37 bits per heavy atom. The monoisotopic (exact) mass is 286 g/mol. The van der Waals surface area contributed by atoms with Gasteiger partial charge in [0.05, 0.1) is 5.56 Å². The van der Waals surface area contributed by atoms with Crippen LogP contribution in [0.5, 0.6) is 0 Å². The third-order valence-electron chi connectivity index (χ3n) is 2.33. The van der Waals surface area contributed by atoms with Crippen molar-refractivity contribution in [3.8, 4) is 0 Å². The van der Waals surface area contributed by atoms with Crippen LogP contribution in [0.1, 0.15) is 21.6 Å². The largest absolute Gasteiger partial charge is 0.434 e. The number of nitrogens with zero attached hydrogens (tertiary/aromatic N) is 2. The number of carbonyl (C=O) groups is 1. The maximum Gasteiger partial charge on any atom is 0.434 e. The molecular formula is C12H6ClF3N2O. The van der Waals surface area contributed by atoms with E-state index in [-0.39, 0.29) is 5.56 Å². The molecule has 0 saturated carbocycles. The fourth-order valence-electron chi connectivity index (χ4n) is 1.48. The standard InChI is InChI=1S/C12H6ClF3N2O/c13-8-3-1-7(2-4-8)10(19)9-5-17-6-18-11(9)12(14,15)16/h1-6H. The number of benzene rings is 1. The van der Waals surface area contributed by atoms with Crippen molar-refractivity contribution in [2.24, 2.45) is 0 Å². The van der Waals surface area contributed by atoms with Gasteiger partial charge in [-0.2, -0.15) is 13.2 Å². The lowest BCUT2D eigenvalue weighted by atomic mass is 10.0. The molecule has 3 nitrogen and oxygen atoms in total. The Kier molecular flexibility index (Phi) is 3.53. The number of alkyl halides is 3. The van der Waals surface area contributed by atoms with Gasteiger partial charge < -0.3 is 0 Å². The highest BCUT2D eigenvalue weighted by Crippen LogP contribution is 2.30. The summed E-state index contributed by atoms with van der Waals surface area (Å²) in [5.74, 6) is -0.801. The maximum atomic E-state index is 12.7. The van der Waals surface area contributed by atoms with Gasteiger partial charge in [0.25, 0.3) is 0 Å². The minimum absolute atomic E-state index is 0.0877. The van der Waals surface area contributed by atoms with Gasteiger partial charge in [-0.1, -0.05) is 11.6 Å². The van der Waals surface area contributed by atoms with E-state index in [1.54, 1.807) is 0 Å². The molecule has 0 N–H and O–H groups in total. The normalized spacial score (nSPS) is 11.4. The Morgan fingerprint density at radius 1 is 1.16 bits per heavy atom. The molecule has 0 atom stereocenters. The molecule has 0 saturated heterocycles. The van der Waals surface area contributed by atoms with Crippen molar-refractivity contribution < 1.29 is 18.0 Å². The van der Waals surface area contributed by atoms with Crippen LogP contribution in [-0.2, 0) is 6.18 Å². The van der Waals surface area contributed by atoms with Crippen LogP contribution in [0.25, 0.3) is 0 Å². The lowest BCUT2D eigenvalue weighted by molar-refractivity contribution is -0.141. The smallest absolute Gasteiger partial charge is 0.288 e. The van der Waals surface area contributed by atoms with Crippen LogP contribution in [0.4, 0.5) is 13.2 Å². The SMILES string of the molecule is O=C(c1ccc(Cl)cc1)c1cncnc1C(F)(F)F. The Hall–Kier alpha value is -1.95. The van der Waals surface area contributed by atoms with Crippen LogP contribution in [0.15, 0.2) is 36.8 Å². The number of aromatic nitrogens is 2. The van der Waals surface area contributed by atoms with Crippen molar-refractivity contribution in [2.45, 2.75) is 6.18 Å². The Labute approximate surface area is 111 Å². The predicted molar refractivity (Wildman–Crippen MR) is 61.9 cm³/mol. The molecule has 1 heterocycles. The average molecular weight is 287 g/mol. The molecule has 2 aromatic rings. The van der Waals surface area contributed by atoms with Crippen molar-refractivity contribution in [2.75, 3.05) is 0 Å². The quantitative estimate of drug-likeness (QED) is 0.795. The second-order valence-electron chi connectivity index (χ2n) is 3.62. The van der Waals surface area contributed by atoms with E-state index < -0.39 is 23.2 Å². The fourth-order valence-corrected chi connectivity index (χ4v) is 1.60. The molecule has 98 valence electrons. The highest BCUT2D eigenvalue weighted by molar-refractivity contribution is 6.30. The van der Waals surface area contributed by atoms with Crippen LogP contribution in [0.3, 0.4) is 0 Å². The van der Waals surface area contributed by atoms with Crippen molar-refractivity contribution in [3.63, 3.8) is 0 Å². The van der Waals surface area contributed by atoms with Gasteiger partial charge in [-0.05, 0) is 24.3 Å². The highest BCUT2D eigenvalue weighted by atomic mass is 35.5. The zero-order chi connectivity index (χ0) is 14.0. The van der Waals surface area contributed by atoms with Crippen molar-refractivity contribution in [1.29, 1.82) is 0 Å². The molecule has 0 aliphatic rings. The summed E-state index contributed by atoms with van der Waals surface area (Å²) in [6.07, 6.45) is -3.10. The molecule has 0 amide bonds. The minimum atomic E-state index is -4.71. The van der Waals surface area contributed by atoms with E-state index in [2.05, 4.69) is 9.97 Å². The first-order valence-corrected chi connectivity index (χ1v) is 5.45. The average Bonchev–Trinajstić information content (AvgIpc) is 2.38. The molecule has 7 heteroatoms. The summed E-state index contributed by atoms with van der Waals surface area (Å²) in [6.45, 7) is 0. The lowest BCUT2D eigenvalue weighted by Crippen LogP contribution is -2.16. The van der Waals surface area contributed by atoms with Gasteiger partial charge in [-0.15, -0.1) is 0 Å². The number of rotatable bonds is 2. The number of carbonyl (C=O) groups excluding carboxylic acids is 1. The van der Waals surface area contributed by atoms with E-state index in [0.717, 1.165) is 12.5 Å².